The van der Waals surface area contributed by atoms with E-state index in [1.165, 1.54) is 0 Å². The predicted molar refractivity (Wildman–Crippen MR) is 89.0 cm³/mol. The van der Waals surface area contributed by atoms with Crippen LogP contribution < -0.4 is 5.32 Å². The first-order valence-corrected chi connectivity index (χ1v) is 8.26. The summed E-state index contributed by atoms with van der Waals surface area (Å²) in [5, 5.41) is 16.8. The molecule has 0 bridgehead atoms. The minimum absolute atomic E-state index is 0.208. The van der Waals surface area contributed by atoms with E-state index in [-0.39, 0.29) is 6.04 Å². The van der Waals surface area contributed by atoms with E-state index in [1.807, 2.05) is 0 Å². The van der Waals surface area contributed by atoms with Gasteiger partial charge in [0.2, 0.25) is 0 Å². The topological polar surface area (TPSA) is 84.2 Å². The molecule has 1 atom stereocenters. The lowest BCUT2D eigenvalue weighted by atomic mass is 10.1. The number of nitrogens with zero attached hydrogens (tertiary/aromatic N) is 2. The first kappa shape index (κ1) is 16.5. The molecule has 0 radical (unpaired) electrons. The van der Waals surface area contributed by atoms with Crippen molar-refractivity contribution in [1.82, 2.24) is 15.1 Å². The minimum atomic E-state index is -1.14. The molecular weight excluding hydrogens is 330 g/mol. The van der Waals surface area contributed by atoms with Gasteiger partial charge < -0.3 is 10.4 Å². The second-order valence-electron chi connectivity index (χ2n) is 5.90. The third kappa shape index (κ3) is 3.43. The van der Waals surface area contributed by atoms with Crippen molar-refractivity contribution in [2.75, 3.05) is 0 Å². The van der Waals surface area contributed by atoms with E-state index in [9.17, 15) is 14.7 Å². The Hall–Kier alpha value is -2.34. The van der Waals surface area contributed by atoms with Crippen LogP contribution in [0.1, 0.15) is 53.8 Å². The van der Waals surface area contributed by atoms with Gasteiger partial charge in [0.05, 0.1) is 6.04 Å². The number of hydrogen-bond donors (Lipinski definition) is 2. The van der Waals surface area contributed by atoms with Crippen LogP contribution in [0.5, 0.6) is 0 Å². The van der Waals surface area contributed by atoms with E-state index < -0.39 is 17.9 Å². The zero-order valence-corrected chi connectivity index (χ0v) is 13.7. The number of carbonyl (C=O) groups is 2. The number of nitrogens with one attached hydrogen (secondary N) is 1. The van der Waals surface area contributed by atoms with Crippen molar-refractivity contribution in [2.45, 2.75) is 37.8 Å². The number of rotatable bonds is 5. The maximum absolute atomic E-state index is 12.6. The van der Waals surface area contributed by atoms with Crippen LogP contribution in [-0.4, -0.2) is 26.8 Å². The van der Waals surface area contributed by atoms with Crippen molar-refractivity contribution < 1.29 is 14.7 Å². The van der Waals surface area contributed by atoms with Crippen LogP contribution in [0.2, 0.25) is 5.02 Å². The molecule has 1 amide bonds. The van der Waals surface area contributed by atoms with Gasteiger partial charge in [0.15, 0.2) is 6.04 Å². The number of carbonyl (C=O) groups excluding carboxylic acids is 1. The van der Waals surface area contributed by atoms with Crippen LogP contribution in [0.4, 0.5) is 0 Å². The van der Waals surface area contributed by atoms with Gasteiger partial charge in [-0.1, -0.05) is 36.6 Å². The Labute approximate surface area is 144 Å². The summed E-state index contributed by atoms with van der Waals surface area (Å²) in [7, 11) is 0. The summed E-state index contributed by atoms with van der Waals surface area (Å²) in [6, 6.07) is 7.07. The van der Waals surface area contributed by atoms with E-state index in [4.69, 9.17) is 11.6 Å². The smallest absolute Gasteiger partial charge is 0.330 e. The molecule has 0 aliphatic heterocycles. The Morgan fingerprint density at radius 2 is 1.88 bits per heavy atom. The number of carboxylic acids is 1. The highest BCUT2D eigenvalue weighted by Crippen LogP contribution is 2.30. The molecule has 0 spiro atoms. The van der Waals surface area contributed by atoms with E-state index in [0.29, 0.717) is 16.3 Å². The second-order valence-corrected chi connectivity index (χ2v) is 6.33. The van der Waals surface area contributed by atoms with Crippen LogP contribution in [0.3, 0.4) is 0 Å². The third-order valence-corrected chi connectivity index (χ3v) is 4.55. The summed E-state index contributed by atoms with van der Waals surface area (Å²) in [5.41, 5.74) is 0.856. The van der Waals surface area contributed by atoms with Gasteiger partial charge in [0.1, 0.15) is 5.69 Å². The second kappa shape index (κ2) is 7.05. The lowest BCUT2D eigenvalue weighted by Gasteiger charge is -2.17. The van der Waals surface area contributed by atoms with Gasteiger partial charge in [0.25, 0.3) is 5.91 Å². The number of hydrogen-bond acceptors (Lipinski definition) is 3. The number of halogens is 1. The van der Waals surface area contributed by atoms with Crippen LogP contribution >= 0.6 is 11.6 Å². The van der Waals surface area contributed by atoms with Crippen molar-refractivity contribution in [3.8, 4) is 0 Å². The third-order valence-electron chi connectivity index (χ3n) is 4.30. The molecule has 3 rings (SSSR count). The molecule has 126 valence electrons. The first-order valence-electron chi connectivity index (χ1n) is 7.89. The highest BCUT2D eigenvalue weighted by molar-refractivity contribution is 6.30. The standard InChI is InChI=1S/C17H18ClN3O3/c18-12-7-5-11(6-8-12)15(17(23)24)20-16(22)14-9-10-19-21(14)13-3-1-2-4-13/h5-10,13,15H,1-4H2,(H,20,22)(H,23,24). The van der Waals surface area contributed by atoms with Crippen molar-refractivity contribution in [2.24, 2.45) is 0 Å². The minimum Gasteiger partial charge on any atom is -0.479 e. The Morgan fingerprint density at radius 1 is 1.21 bits per heavy atom. The van der Waals surface area contributed by atoms with E-state index >= 15 is 0 Å². The highest BCUT2D eigenvalue weighted by Gasteiger charge is 2.27. The van der Waals surface area contributed by atoms with Gasteiger partial charge >= 0.3 is 5.97 Å². The van der Waals surface area contributed by atoms with Crippen LogP contribution in [0, 0.1) is 0 Å². The summed E-state index contributed by atoms with van der Waals surface area (Å²) >= 11 is 5.83. The zero-order chi connectivity index (χ0) is 17.1. The van der Waals surface area contributed by atoms with Crippen molar-refractivity contribution >= 4 is 23.5 Å². The van der Waals surface area contributed by atoms with Crippen molar-refractivity contribution in [3.05, 3.63) is 52.8 Å². The fourth-order valence-electron chi connectivity index (χ4n) is 3.08. The number of aliphatic carboxylic acids is 1. The molecule has 1 aliphatic carbocycles. The molecule has 1 saturated carbocycles. The molecule has 24 heavy (non-hydrogen) atoms. The Balaban J connectivity index is 1.80. The Bertz CT molecular complexity index is 736. The predicted octanol–water partition coefficient (Wildman–Crippen LogP) is 3.21. The first-order chi connectivity index (χ1) is 11.6. The van der Waals surface area contributed by atoms with E-state index in [0.717, 1.165) is 25.7 Å². The van der Waals surface area contributed by atoms with Crippen LogP contribution in [0.25, 0.3) is 0 Å². The fraction of sp³-hybridized carbons (Fsp3) is 0.353. The lowest BCUT2D eigenvalue weighted by molar-refractivity contribution is -0.139. The molecule has 2 N–H and O–H groups in total. The van der Waals surface area contributed by atoms with Gasteiger partial charge in [0, 0.05) is 11.2 Å². The SMILES string of the molecule is O=C(NC(C(=O)O)c1ccc(Cl)cc1)c1ccnn1C1CCCC1. The summed E-state index contributed by atoms with van der Waals surface area (Å²) in [4.78, 5) is 24.1. The number of aromatic nitrogens is 2. The summed E-state index contributed by atoms with van der Waals surface area (Å²) in [5.74, 6) is -1.57. The molecule has 1 aromatic carbocycles. The fourth-order valence-corrected chi connectivity index (χ4v) is 3.21. The largest absolute Gasteiger partial charge is 0.479 e. The number of amides is 1. The van der Waals surface area contributed by atoms with Gasteiger partial charge in [-0.2, -0.15) is 5.10 Å². The molecule has 6 nitrogen and oxygen atoms in total. The molecule has 0 saturated heterocycles. The van der Waals surface area contributed by atoms with Crippen LogP contribution in [-0.2, 0) is 4.79 Å². The van der Waals surface area contributed by atoms with Crippen molar-refractivity contribution in [3.63, 3.8) is 0 Å². The lowest BCUT2D eigenvalue weighted by Crippen LogP contribution is -2.35. The Morgan fingerprint density at radius 3 is 2.50 bits per heavy atom. The zero-order valence-electron chi connectivity index (χ0n) is 13.0. The quantitative estimate of drug-likeness (QED) is 0.869. The molecular formula is C17H18ClN3O3. The molecule has 1 unspecified atom stereocenters. The molecule has 7 heteroatoms. The van der Waals surface area contributed by atoms with E-state index in [2.05, 4.69) is 10.4 Å². The van der Waals surface area contributed by atoms with Crippen LogP contribution in [0.15, 0.2) is 36.5 Å². The summed E-state index contributed by atoms with van der Waals surface area (Å²) < 4.78 is 1.71. The number of benzene rings is 1. The van der Waals surface area contributed by atoms with Gasteiger partial charge in [-0.15, -0.1) is 0 Å². The van der Waals surface area contributed by atoms with Gasteiger partial charge in [-0.3, -0.25) is 9.48 Å². The monoisotopic (exact) mass is 347 g/mol. The maximum atomic E-state index is 12.6. The molecule has 1 fully saturated rings. The molecule has 1 aliphatic rings. The highest BCUT2D eigenvalue weighted by atomic mass is 35.5. The molecule has 2 aromatic rings. The summed E-state index contributed by atoms with van der Waals surface area (Å²) in [6.45, 7) is 0. The molecule has 1 aromatic heterocycles. The van der Waals surface area contributed by atoms with Crippen molar-refractivity contribution in [1.29, 1.82) is 0 Å². The summed E-state index contributed by atoms with van der Waals surface area (Å²) in [6.07, 6.45) is 5.79. The van der Waals surface area contributed by atoms with Gasteiger partial charge in [-0.25, -0.2) is 4.79 Å². The average molecular weight is 348 g/mol. The molecule has 1 heterocycles. The average Bonchev–Trinajstić information content (AvgIpc) is 3.23. The maximum Gasteiger partial charge on any atom is 0.330 e. The van der Waals surface area contributed by atoms with E-state index in [1.54, 1.807) is 41.2 Å². The normalized spacial score (nSPS) is 16.0. The van der Waals surface area contributed by atoms with Gasteiger partial charge in [-0.05, 0) is 36.6 Å². The number of carboxylic acid groups (broad SMARTS) is 1. The Kier molecular flexibility index (Phi) is 4.85.